The van der Waals surface area contributed by atoms with Gasteiger partial charge in [0.1, 0.15) is 11.5 Å². The summed E-state index contributed by atoms with van der Waals surface area (Å²) in [5.74, 6) is 1.37. The van der Waals surface area contributed by atoms with Gasteiger partial charge in [-0.15, -0.1) is 11.6 Å². The van der Waals surface area contributed by atoms with Crippen LogP contribution in [0.15, 0.2) is 21.3 Å². The van der Waals surface area contributed by atoms with Gasteiger partial charge in [0.15, 0.2) is 5.43 Å². The van der Waals surface area contributed by atoms with Gasteiger partial charge in [0.2, 0.25) is 0 Å². The normalized spacial score (nSPS) is 9.80. The van der Waals surface area contributed by atoms with Crippen molar-refractivity contribution in [3.05, 3.63) is 33.9 Å². The van der Waals surface area contributed by atoms with Crippen LogP contribution in [0.3, 0.4) is 0 Å². The average Bonchev–Trinajstić information content (AvgIpc) is 1.85. The van der Waals surface area contributed by atoms with Crippen molar-refractivity contribution in [3.8, 4) is 0 Å². The molecule has 0 saturated heterocycles. The van der Waals surface area contributed by atoms with Crippen molar-refractivity contribution in [3.63, 3.8) is 0 Å². The van der Waals surface area contributed by atoms with Gasteiger partial charge < -0.3 is 4.42 Å². The second-order valence-corrected chi connectivity index (χ2v) is 2.27. The molecule has 3 heteroatoms. The fourth-order valence-corrected chi connectivity index (χ4v) is 0.864. The zero-order chi connectivity index (χ0) is 7.56. The molecule has 0 aliphatic carbocycles. The molecule has 0 spiro atoms. The summed E-state index contributed by atoms with van der Waals surface area (Å²) in [6.45, 7) is 1.72. The minimum atomic E-state index is -0.0561. The van der Waals surface area contributed by atoms with E-state index < -0.39 is 0 Å². The molecule has 0 amide bonds. The smallest absolute Gasteiger partial charge is 0.185 e. The monoisotopic (exact) mass is 158 g/mol. The van der Waals surface area contributed by atoms with Crippen molar-refractivity contribution in [1.29, 1.82) is 0 Å². The van der Waals surface area contributed by atoms with Gasteiger partial charge in [-0.2, -0.15) is 0 Å². The molecule has 1 heterocycles. The van der Waals surface area contributed by atoms with E-state index in [9.17, 15) is 4.79 Å². The predicted octanol–water partition coefficient (Wildman–Crippen LogP) is 1.69. The second kappa shape index (κ2) is 2.88. The van der Waals surface area contributed by atoms with E-state index in [4.69, 9.17) is 16.0 Å². The zero-order valence-electron chi connectivity index (χ0n) is 5.56. The number of halogens is 1. The van der Waals surface area contributed by atoms with Crippen molar-refractivity contribution >= 4 is 11.6 Å². The van der Waals surface area contributed by atoms with Crippen molar-refractivity contribution in [1.82, 2.24) is 0 Å². The van der Waals surface area contributed by atoms with Crippen LogP contribution in [-0.2, 0) is 5.88 Å². The third-order valence-corrected chi connectivity index (χ3v) is 1.34. The van der Waals surface area contributed by atoms with Crippen molar-refractivity contribution in [2.75, 3.05) is 0 Å². The van der Waals surface area contributed by atoms with Gasteiger partial charge in [-0.25, -0.2) is 0 Å². The lowest BCUT2D eigenvalue weighted by molar-refractivity contribution is 0.480. The maximum Gasteiger partial charge on any atom is 0.185 e. The molecule has 0 radical (unpaired) electrons. The number of hydrogen-bond donors (Lipinski definition) is 0. The summed E-state index contributed by atoms with van der Waals surface area (Å²) in [6.07, 6.45) is 0. The first-order chi connectivity index (χ1) is 4.72. The molecule has 0 atom stereocenters. The van der Waals surface area contributed by atoms with E-state index in [0.29, 0.717) is 11.5 Å². The predicted molar refractivity (Wildman–Crippen MR) is 39.3 cm³/mol. The Labute approximate surface area is 63.4 Å². The van der Waals surface area contributed by atoms with Crippen LogP contribution >= 0.6 is 11.6 Å². The van der Waals surface area contributed by atoms with E-state index in [1.54, 1.807) is 6.92 Å². The maximum absolute atomic E-state index is 10.8. The third kappa shape index (κ3) is 1.61. The maximum atomic E-state index is 10.8. The van der Waals surface area contributed by atoms with Gasteiger partial charge in [-0.05, 0) is 6.92 Å². The van der Waals surface area contributed by atoms with Gasteiger partial charge in [-0.3, -0.25) is 4.79 Å². The van der Waals surface area contributed by atoms with Crippen LogP contribution < -0.4 is 5.43 Å². The molecular weight excluding hydrogens is 152 g/mol. The molecule has 0 fully saturated rings. The Morgan fingerprint density at radius 2 is 2.30 bits per heavy atom. The Morgan fingerprint density at radius 1 is 1.60 bits per heavy atom. The zero-order valence-corrected chi connectivity index (χ0v) is 6.31. The molecular formula is C7H7ClO2. The highest BCUT2D eigenvalue weighted by Gasteiger charge is 1.95. The van der Waals surface area contributed by atoms with E-state index in [1.165, 1.54) is 12.1 Å². The van der Waals surface area contributed by atoms with Gasteiger partial charge in [-0.1, -0.05) is 0 Å². The number of rotatable bonds is 1. The van der Waals surface area contributed by atoms with Crippen LogP contribution in [0.2, 0.25) is 0 Å². The van der Waals surface area contributed by atoms with Gasteiger partial charge >= 0.3 is 0 Å². The fourth-order valence-electron chi connectivity index (χ4n) is 0.732. The highest BCUT2D eigenvalue weighted by atomic mass is 35.5. The van der Waals surface area contributed by atoms with Crippen LogP contribution in [-0.4, -0.2) is 0 Å². The topological polar surface area (TPSA) is 30.2 Å². The standard InChI is InChI=1S/C7H7ClO2/c1-5-2-6(9)3-7(4-8)10-5/h2-3H,4H2,1H3. The van der Waals surface area contributed by atoms with Crippen LogP contribution in [0.5, 0.6) is 0 Å². The van der Waals surface area contributed by atoms with Gasteiger partial charge in [0.05, 0.1) is 5.88 Å². The van der Waals surface area contributed by atoms with Crippen molar-refractivity contribution in [2.45, 2.75) is 12.8 Å². The Kier molecular flexibility index (Phi) is 2.12. The first-order valence-electron chi connectivity index (χ1n) is 2.89. The average molecular weight is 159 g/mol. The molecule has 54 valence electrons. The minimum absolute atomic E-state index is 0.0561. The number of hydrogen-bond acceptors (Lipinski definition) is 2. The molecule has 0 saturated carbocycles. The summed E-state index contributed by atoms with van der Waals surface area (Å²) >= 11 is 5.44. The molecule has 1 rings (SSSR count). The molecule has 1 aromatic rings. The molecule has 1 aromatic heterocycles. The Balaban J connectivity index is 3.19. The van der Waals surface area contributed by atoms with E-state index >= 15 is 0 Å². The quantitative estimate of drug-likeness (QED) is 0.583. The number of aryl methyl sites for hydroxylation is 1. The van der Waals surface area contributed by atoms with E-state index in [1.807, 2.05) is 0 Å². The summed E-state index contributed by atoms with van der Waals surface area (Å²) in [4.78, 5) is 10.8. The van der Waals surface area contributed by atoms with Crippen molar-refractivity contribution < 1.29 is 4.42 Å². The summed E-state index contributed by atoms with van der Waals surface area (Å²) < 4.78 is 5.08. The molecule has 0 unspecified atom stereocenters. The Hall–Kier alpha value is -0.760. The Morgan fingerprint density at radius 3 is 2.80 bits per heavy atom. The molecule has 0 aliphatic heterocycles. The lowest BCUT2D eigenvalue weighted by Crippen LogP contribution is -1.98. The number of alkyl halides is 1. The van der Waals surface area contributed by atoms with Gasteiger partial charge in [0.25, 0.3) is 0 Å². The van der Waals surface area contributed by atoms with Crippen molar-refractivity contribution in [2.24, 2.45) is 0 Å². The summed E-state index contributed by atoms with van der Waals surface area (Å²) in [7, 11) is 0. The van der Waals surface area contributed by atoms with E-state index in [0.717, 1.165) is 0 Å². The lowest BCUT2D eigenvalue weighted by Gasteiger charge is -1.94. The molecule has 0 N–H and O–H groups in total. The summed E-state index contributed by atoms with van der Waals surface area (Å²) in [5, 5.41) is 0. The summed E-state index contributed by atoms with van der Waals surface area (Å²) in [6, 6.07) is 2.82. The molecule has 0 aliphatic rings. The third-order valence-electron chi connectivity index (χ3n) is 1.07. The summed E-state index contributed by atoms with van der Waals surface area (Å²) in [5.41, 5.74) is -0.0561. The first kappa shape index (κ1) is 7.35. The van der Waals surface area contributed by atoms with E-state index in [2.05, 4.69) is 0 Å². The first-order valence-corrected chi connectivity index (χ1v) is 3.42. The van der Waals surface area contributed by atoms with E-state index in [-0.39, 0.29) is 11.3 Å². The van der Waals surface area contributed by atoms with Crippen LogP contribution in [0.4, 0.5) is 0 Å². The SMILES string of the molecule is Cc1cc(=O)cc(CCl)o1. The fraction of sp³-hybridized carbons (Fsp3) is 0.286. The largest absolute Gasteiger partial charge is 0.465 e. The Bertz CT molecular complexity index is 277. The second-order valence-electron chi connectivity index (χ2n) is 2.00. The molecule has 10 heavy (non-hydrogen) atoms. The van der Waals surface area contributed by atoms with Crippen LogP contribution in [0, 0.1) is 6.92 Å². The highest BCUT2D eigenvalue weighted by molar-refractivity contribution is 6.16. The lowest BCUT2D eigenvalue weighted by atomic mass is 10.3. The molecule has 2 nitrogen and oxygen atoms in total. The minimum Gasteiger partial charge on any atom is -0.465 e. The van der Waals surface area contributed by atoms with Crippen LogP contribution in [0.1, 0.15) is 11.5 Å². The molecule has 0 aromatic carbocycles. The van der Waals surface area contributed by atoms with Crippen LogP contribution in [0.25, 0.3) is 0 Å². The highest BCUT2D eigenvalue weighted by Crippen LogP contribution is 2.02. The van der Waals surface area contributed by atoms with Gasteiger partial charge in [0, 0.05) is 12.1 Å². The molecule has 0 bridgehead atoms.